The zero-order chi connectivity index (χ0) is 11.1. The largest absolute Gasteiger partial charge is 0.298 e. The molecule has 0 saturated heterocycles. The van der Waals surface area contributed by atoms with Crippen molar-refractivity contribution in [3.8, 4) is 0 Å². The molecule has 1 aromatic carbocycles. The molecule has 0 aromatic heterocycles. The zero-order valence-electron chi connectivity index (χ0n) is 9.34. The number of para-hydroxylation sites is 1. The summed E-state index contributed by atoms with van der Waals surface area (Å²) in [4.78, 5) is 11.3. The van der Waals surface area contributed by atoms with Gasteiger partial charge in [-0.1, -0.05) is 31.5 Å². The molecule has 0 spiro atoms. The summed E-state index contributed by atoms with van der Waals surface area (Å²) in [6.07, 6.45) is 2.55. The smallest absolute Gasteiger partial charge is 0.238 e. The molecular weight excluding hydrogens is 188 g/mol. The molecule has 1 rings (SSSR count). The molecule has 0 aliphatic heterocycles. The molecular formula is C12H18N2O. The van der Waals surface area contributed by atoms with Crippen LogP contribution in [0.4, 0.5) is 5.69 Å². The molecule has 0 atom stereocenters. The van der Waals surface area contributed by atoms with Crippen molar-refractivity contribution in [2.75, 3.05) is 5.43 Å². The van der Waals surface area contributed by atoms with E-state index < -0.39 is 0 Å². The summed E-state index contributed by atoms with van der Waals surface area (Å²) in [5.41, 5.74) is 7.67. The Morgan fingerprint density at radius 3 is 2.73 bits per heavy atom. The molecule has 1 amide bonds. The molecule has 2 N–H and O–H groups in total. The summed E-state index contributed by atoms with van der Waals surface area (Å²) in [6.45, 7) is 4.07. The number of aryl methyl sites for hydroxylation is 1. The van der Waals surface area contributed by atoms with Crippen molar-refractivity contribution in [2.45, 2.75) is 33.1 Å². The van der Waals surface area contributed by atoms with E-state index in [4.69, 9.17) is 0 Å². The average Bonchev–Trinajstić information content (AvgIpc) is 2.25. The number of amides is 1. The van der Waals surface area contributed by atoms with Crippen molar-refractivity contribution >= 4 is 11.6 Å². The van der Waals surface area contributed by atoms with Gasteiger partial charge < -0.3 is 0 Å². The van der Waals surface area contributed by atoms with Gasteiger partial charge in [-0.05, 0) is 25.0 Å². The van der Waals surface area contributed by atoms with E-state index >= 15 is 0 Å². The van der Waals surface area contributed by atoms with Gasteiger partial charge >= 0.3 is 0 Å². The Kier molecular flexibility index (Phi) is 4.68. The number of benzene rings is 1. The van der Waals surface area contributed by atoms with Crippen LogP contribution in [0, 0.1) is 6.92 Å². The lowest BCUT2D eigenvalue weighted by molar-refractivity contribution is -0.120. The summed E-state index contributed by atoms with van der Waals surface area (Å²) in [7, 11) is 0. The van der Waals surface area contributed by atoms with Crippen LogP contribution in [0.1, 0.15) is 31.7 Å². The Hall–Kier alpha value is -1.51. The van der Waals surface area contributed by atoms with Crippen LogP contribution in [-0.2, 0) is 4.79 Å². The van der Waals surface area contributed by atoms with E-state index in [1.807, 2.05) is 31.2 Å². The number of hydrogen-bond donors (Lipinski definition) is 2. The van der Waals surface area contributed by atoms with E-state index in [0.717, 1.165) is 24.1 Å². The minimum Gasteiger partial charge on any atom is -0.298 e. The zero-order valence-corrected chi connectivity index (χ0v) is 9.34. The summed E-state index contributed by atoms with van der Waals surface area (Å²) in [6, 6.07) is 7.85. The first-order chi connectivity index (χ1) is 7.24. The number of anilines is 1. The highest BCUT2D eigenvalue weighted by Crippen LogP contribution is 2.11. The van der Waals surface area contributed by atoms with Crippen molar-refractivity contribution < 1.29 is 4.79 Å². The van der Waals surface area contributed by atoms with E-state index in [-0.39, 0.29) is 5.91 Å². The number of rotatable bonds is 5. The average molecular weight is 206 g/mol. The van der Waals surface area contributed by atoms with Gasteiger partial charge in [0.2, 0.25) is 5.91 Å². The fourth-order valence-electron chi connectivity index (χ4n) is 1.25. The second-order valence-electron chi connectivity index (χ2n) is 3.59. The maximum absolute atomic E-state index is 11.3. The normalized spacial score (nSPS) is 9.73. The topological polar surface area (TPSA) is 41.1 Å². The predicted molar refractivity (Wildman–Crippen MR) is 62.5 cm³/mol. The van der Waals surface area contributed by atoms with Crippen molar-refractivity contribution in [1.82, 2.24) is 5.43 Å². The highest BCUT2D eigenvalue weighted by atomic mass is 16.2. The maximum Gasteiger partial charge on any atom is 0.238 e. The molecule has 0 heterocycles. The van der Waals surface area contributed by atoms with Crippen molar-refractivity contribution in [2.24, 2.45) is 0 Å². The van der Waals surface area contributed by atoms with Crippen LogP contribution in [0.15, 0.2) is 24.3 Å². The third-order valence-corrected chi connectivity index (χ3v) is 2.24. The van der Waals surface area contributed by atoms with Gasteiger partial charge in [-0.25, -0.2) is 0 Å². The van der Waals surface area contributed by atoms with Crippen LogP contribution in [0.25, 0.3) is 0 Å². The molecule has 0 unspecified atom stereocenters. The lowest BCUT2D eigenvalue weighted by atomic mass is 10.2. The summed E-state index contributed by atoms with van der Waals surface area (Å²) in [5, 5.41) is 0. The second kappa shape index (κ2) is 6.06. The monoisotopic (exact) mass is 206 g/mol. The first-order valence-corrected chi connectivity index (χ1v) is 5.34. The van der Waals surface area contributed by atoms with Crippen molar-refractivity contribution in [3.05, 3.63) is 29.8 Å². The quantitative estimate of drug-likeness (QED) is 0.727. The molecule has 0 fully saturated rings. The fraction of sp³-hybridized carbons (Fsp3) is 0.417. The van der Waals surface area contributed by atoms with Gasteiger partial charge in [-0.3, -0.25) is 15.6 Å². The van der Waals surface area contributed by atoms with Gasteiger partial charge in [-0.2, -0.15) is 0 Å². The highest BCUT2D eigenvalue weighted by Gasteiger charge is 2.00. The van der Waals surface area contributed by atoms with E-state index in [1.165, 1.54) is 0 Å². The van der Waals surface area contributed by atoms with Gasteiger partial charge in [0.1, 0.15) is 0 Å². The third-order valence-electron chi connectivity index (χ3n) is 2.24. The molecule has 82 valence electrons. The van der Waals surface area contributed by atoms with Crippen LogP contribution in [-0.4, -0.2) is 5.91 Å². The van der Waals surface area contributed by atoms with E-state index in [9.17, 15) is 4.79 Å². The Balaban J connectivity index is 2.37. The Bertz CT molecular complexity index is 323. The van der Waals surface area contributed by atoms with Gasteiger partial charge in [0, 0.05) is 6.42 Å². The van der Waals surface area contributed by atoms with E-state index in [2.05, 4.69) is 17.8 Å². The highest BCUT2D eigenvalue weighted by molar-refractivity contribution is 5.77. The molecule has 3 heteroatoms. The number of hydrogen-bond acceptors (Lipinski definition) is 2. The molecule has 0 radical (unpaired) electrons. The second-order valence-corrected chi connectivity index (χ2v) is 3.59. The molecule has 1 aromatic rings. The summed E-state index contributed by atoms with van der Waals surface area (Å²) in [5.74, 6) is 0.0418. The maximum atomic E-state index is 11.3. The standard InChI is InChI=1S/C12H18N2O/c1-3-4-9-12(15)14-13-11-8-6-5-7-10(11)2/h5-8,13H,3-4,9H2,1-2H3,(H,14,15). The van der Waals surface area contributed by atoms with Crippen molar-refractivity contribution in [1.29, 1.82) is 0 Å². The third kappa shape index (κ3) is 4.02. The Morgan fingerprint density at radius 1 is 1.33 bits per heavy atom. The number of unbranched alkanes of at least 4 members (excludes halogenated alkanes) is 1. The molecule has 0 bridgehead atoms. The molecule has 15 heavy (non-hydrogen) atoms. The van der Waals surface area contributed by atoms with Crippen molar-refractivity contribution in [3.63, 3.8) is 0 Å². The molecule has 0 aliphatic rings. The fourth-order valence-corrected chi connectivity index (χ4v) is 1.25. The Morgan fingerprint density at radius 2 is 2.07 bits per heavy atom. The number of carbonyl (C=O) groups excluding carboxylic acids is 1. The number of nitrogens with one attached hydrogen (secondary N) is 2. The lowest BCUT2D eigenvalue weighted by Crippen LogP contribution is -2.29. The van der Waals surface area contributed by atoms with Crippen LogP contribution < -0.4 is 10.9 Å². The van der Waals surface area contributed by atoms with Gasteiger partial charge in [-0.15, -0.1) is 0 Å². The molecule has 3 nitrogen and oxygen atoms in total. The van der Waals surface area contributed by atoms with Gasteiger partial charge in [0.05, 0.1) is 5.69 Å². The van der Waals surface area contributed by atoms with E-state index in [1.54, 1.807) is 0 Å². The van der Waals surface area contributed by atoms with Gasteiger partial charge in [0.25, 0.3) is 0 Å². The minimum atomic E-state index is 0.0418. The lowest BCUT2D eigenvalue weighted by Gasteiger charge is -2.10. The van der Waals surface area contributed by atoms with Gasteiger partial charge in [0.15, 0.2) is 0 Å². The summed E-state index contributed by atoms with van der Waals surface area (Å²) < 4.78 is 0. The molecule has 0 aliphatic carbocycles. The SMILES string of the molecule is CCCCC(=O)NNc1ccccc1C. The first kappa shape index (κ1) is 11.6. The van der Waals surface area contributed by atoms with E-state index in [0.29, 0.717) is 6.42 Å². The summed E-state index contributed by atoms with van der Waals surface area (Å²) >= 11 is 0. The first-order valence-electron chi connectivity index (χ1n) is 5.34. The van der Waals surface area contributed by atoms with Crippen LogP contribution in [0.3, 0.4) is 0 Å². The number of carbonyl (C=O) groups is 1. The predicted octanol–water partition coefficient (Wildman–Crippen LogP) is 2.63. The van der Waals surface area contributed by atoms with Crippen LogP contribution in [0.5, 0.6) is 0 Å². The number of hydrazine groups is 1. The molecule has 0 saturated carbocycles. The Labute approximate surface area is 90.9 Å². The minimum absolute atomic E-state index is 0.0418. The van der Waals surface area contributed by atoms with Crippen LogP contribution >= 0.6 is 0 Å². The van der Waals surface area contributed by atoms with Crippen LogP contribution in [0.2, 0.25) is 0 Å².